The molecular weight excluding hydrogens is 366 g/mol. The van der Waals surface area contributed by atoms with Crippen molar-refractivity contribution >= 4 is 34.1 Å². The molecule has 26 heavy (non-hydrogen) atoms. The first-order valence-corrected chi connectivity index (χ1v) is 9.88. The van der Waals surface area contributed by atoms with Crippen LogP contribution >= 0.6 is 23.1 Å². The number of nitrogens with zero attached hydrogens (tertiary/aromatic N) is 2. The Morgan fingerprint density at radius 2 is 1.92 bits per heavy atom. The van der Waals surface area contributed by atoms with E-state index < -0.39 is 0 Å². The monoisotopic (exact) mass is 383 g/mol. The maximum absolute atomic E-state index is 5.52. The SMILES string of the molecule is COc1cccc(-c2nc(CSc3nc4ccccc4[nH]3)cs2)c1OC. The van der Waals surface area contributed by atoms with Crippen molar-refractivity contribution in [3.8, 4) is 22.1 Å². The fourth-order valence-corrected chi connectivity index (χ4v) is 4.42. The van der Waals surface area contributed by atoms with Gasteiger partial charge in [0.25, 0.3) is 0 Å². The van der Waals surface area contributed by atoms with Gasteiger partial charge in [-0.2, -0.15) is 0 Å². The third kappa shape index (κ3) is 3.27. The molecule has 1 N–H and O–H groups in total. The summed E-state index contributed by atoms with van der Waals surface area (Å²) in [7, 11) is 3.28. The van der Waals surface area contributed by atoms with Crippen LogP contribution in [0.2, 0.25) is 0 Å². The number of thiazole rings is 1. The summed E-state index contributed by atoms with van der Waals surface area (Å²) >= 11 is 3.25. The molecule has 0 atom stereocenters. The molecule has 2 aromatic heterocycles. The third-order valence-corrected chi connectivity index (χ3v) is 5.74. The first-order chi connectivity index (χ1) is 12.8. The Kier molecular flexibility index (Phi) is 4.81. The second kappa shape index (κ2) is 7.39. The number of hydrogen-bond acceptors (Lipinski definition) is 6. The number of H-pyrrole nitrogens is 1. The van der Waals surface area contributed by atoms with Gasteiger partial charge in [-0.15, -0.1) is 11.3 Å². The third-order valence-electron chi connectivity index (χ3n) is 3.91. The first kappa shape index (κ1) is 16.9. The highest BCUT2D eigenvalue weighted by Gasteiger charge is 2.15. The predicted octanol–water partition coefficient (Wildman–Crippen LogP) is 5.00. The van der Waals surface area contributed by atoms with E-state index in [2.05, 4.69) is 15.3 Å². The molecule has 0 saturated heterocycles. The first-order valence-electron chi connectivity index (χ1n) is 8.02. The number of para-hydroxylation sites is 3. The summed E-state index contributed by atoms with van der Waals surface area (Å²) in [5, 5.41) is 3.89. The molecule has 7 heteroatoms. The van der Waals surface area contributed by atoms with Gasteiger partial charge in [0.15, 0.2) is 16.7 Å². The Hall–Kier alpha value is -2.51. The Balaban J connectivity index is 1.53. The lowest BCUT2D eigenvalue weighted by Gasteiger charge is -2.10. The molecule has 2 heterocycles. The molecule has 0 unspecified atom stereocenters. The van der Waals surface area contributed by atoms with Crippen molar-refractivity contribution < 1.29 is 9.47 Å². The van der Waals surface area contributed by atoms with Crippen molar-refractivity contribution in [3.05, 3.63) is 53.5 Å². The number of ether oxygens (including phenoxy) is 2. The van der Waals surface area contributed by atoms with Gasteiger partial charge in [0, 0.05) is 11.1 Å². The Labute approximate surface area is 159 Å². The molecule has 2 aromatic carbocycles. The number of rotatable bonds is 6. The molecule has 0 aliphatic rings. The van der Waals surface area contributed by atoms with Gasteiger partial charge in [0.2, 0.25) is 0 Å². The topological polar surface area (TPSA) is 60.0 Å². The van der Waals surface area contributed by atoms with Crippen molar-refractivity contribution in [2.75, 3.05) is 14.2 Å². The molecule has 0 aliphatic heterocycles. The van der Waals surface area contributed by atoms with E-state index in [0.717, 1.165) is 38.2 Å². The van der Waals surface area contributed by atoms with E-state index in [1.807, 2.05) is 42.5 Å². The van der Waals surface area contributed by atoms with Crippen LogP contribution in [0.1, 0.15) is 5.69 Å². The van der Waals surface area contributed by atoms with Crippen LogP contribution in [-0.4, -0.2) is 29.2 Å². The number of benzene rings is 2. The summed E-state index contributed by atoms with van der Waals surface area (Å²) < 4.78 is 10.9. The van der Waals surface area contributed by atoms with Gasteiger partial charge >= 0.3 is 0 Å². The molecule has 0 saturated carbocycles. The lowest BCUT2D eigenvalue weighted by Crippen LogP contribution is -1.93. The fourth-order valence-electron chi connectivity index (χ4n) is 2.69. The molecule has 4 aromatic rings. The van der Waals surface area contributed by atoms with Crippen molar-refractivity contribution in [2.45, 2.75) is 10.9 Å². The average Bonchev–Trinajstić information content (AvgIpc) is 3.32. The average molecular weight is 383 g/mol. The standard InChI is InChI=1S/C19H17N3O2S2/c1-23-16-9-5-6-13(17(16)24-2)18-20-12(10-25-18)11-26-19-21-14-7-3-4-8-15(14)22-19/h3-10H,11H2,1-2H3,(H,21,22). The van der Waals surface area contributed by atoms with Crippen LogP contribution in [0.5, 0.6) is 11.5 Å². The number of nitrogens with one attached hydrogen (secondary N) is 1. The minimum absolute atomic E-state index is 0.707. The quantitative estimate of drug-likeness (QED) is 0.475. The van der Waals surface area contributed by atoms with Gasteiger partial charge in [0.05, 0.1) is 36.5 Å². The number of aromatic nitrogens is 3. The molecule has 0 bridgehead atoms. The number of aromatic amines is 1. The zero-order valence-corrected chi connectivity index (χ0v) is 16.0. The highest BCUT2D eigenvalue weighted by atomic mass is 32.2. The van der Waals surface area contributed by atoms with Gasteiger partial charge in [0.1, 0.15) is 5.01 Å². The summed E-state index contributed by atoms with van der Waals surface area (Å²) in [6.45, 7) is 0. The Morgan fingerprint density at radius 3 is 2.73 bits per heavy atom. The van der Waals surface area contributed by atoms with Crippen LogP contribution in [-0.2, 0) is 5.75 Å². The van der Waals surface area contributed by atoms with Gasteiger partial charge in [-0.3, -0.25) is 0 Å². The minimum atomic E-state index is 0.707. The summed E-state index contributed by atoms with van der Waals surface area (Å²) in [4.78, 5) is 12.7. The summed E-state index contributed by atoms with van der Waals surface area (Å²) in [6.07, 6.45) is 0. The van der Waals surface area contributed by atoms with Gasteiger partial charge in [-0.25, -0.2) is 9.97 Å². The molecule has 132 valence electrons. The van der Waals surface area contributed by atoms with E-state index in [9.17, 15) is 0 Å². The summed E-state index contributed by atoms with van der Waals surface area (Å²) in [5.41, 5.74) is 3.99. The minimum Gasteiger partial charge on any atom is -0.493 e. The van der Waals surface area contributed by atoms with Crippen LogP contribution in [0.25, 0.3) is 21.6 Å². The lowest BCUT2D eigenvalue weighted by molar-refractivity contribution is 0.356. The van der Waals surface area contributed by atoms with E-state index in [4.69, 9.17) is 14.5 Å². The van der Waals surface area contributed by atoms with Crippen LogP contribution < -0.4 is 9.47 Å². The molecule has 0 spiro atoms. The number of thioether (sulfide) groups is 1. The zero-order chi connectivity index (χ0) is 17.9. The molecular formula is C19H17N3O2S2. The summed E-state index contributed by atoms with van der Waals surface area (Å²) in [6, 6.07) is 13.9. The second-order valence-electron chi connectivity index (χ2n) is 5.53. The predicted molar refractivity (Wildman–Crippen MR) is 106 cm³/mol. The molecule has 0 amide bonds. The Bertz CT molecular complexity index is 1010. The zero-order valence-electron chi connectivity index (χ0n) is 14.4. The number of imidazole rings is 1. The van der Waals surface area contributed by atoms with E-state index in [1.165, 1.54) is 0 Å². The number of methoxy groups -OCH3 is 2. The number of hydrogen-bond donors (Lipinski definition) is 1. The van der Waals surface area contributed by atoms with Crippen molar-refractivity contribution in [3.63, 3.8) is 0 Å². The highest BCUT2D eigenvalue weighted by Crippen LogP contribution is 2.39. The molecule has 5 nitrogen and oxygen atoms in total. The maximum atomic E-state index is 5.52. The highest BCUT2D eigenvalue weighted by molar-refractivity contribution is 7.98. The number of fused-ring (bicyclic) bond motifs is 1. The van der Waals surface area contributed by atoms with Crippen LogP contribution in [0.15, 0.2) is 53.0 Å². The van der Waals surface area contributed by atoms with Crippen molar-refractivity contribution in [1.29, 1.82) is 0 Å². The smallest absolute Gasteiger partial charge is 0.170 e. The lowest BCUT2D eigenvalue weighted by atomic mass is 10.2. The molecule has 0 radical (unpaired) electrons. The Morgan fingerprint density at radius 1 is 1.04 bits per heavy atom. The largest absolute Gasteiger partial charge is 0.493 e. The maximum Gasteiger partial charge on any atom is 0.170 e. The van der Waals surface area contributed by atoms with E-state index in [0.29, 0.717) is 11.5 Å². The molecule has 4 rings (SSSR count). The van der Waals surface area contributed by atoms with Gasteiger partial charge in [-0.05, 0) is 24.3 Å². The fraction of sp³-hybridized carbons (Fsp3) is 0.158. The van der Waals surface area contributed by atoms with Crippen LogP contribution in [0.3, 0.4) is 0 Å². The van der Waals surface area contributed by atoms with Gasteiger partial charge in [-0.1, -0.05) is 30.0 Å². The van der Waals surface area contributed by atoms with Crippen LogP contribution in [0, 0.1) is 0 Å². The second-order valence-corrected chi connectivity index (χ2v) is 7.36. The van der Waals surface area contributed by atoms with Gasteiger partial charge < -0.3 is 14.5 Å². The van der Waals surface area contributed by atoms with Crippen molar-refractivity contribution in [2.24, 2.45) is 0 Å². The summed E-state index contributed by atoms with van der Waals surface area (Å²) in [5.74, 6) is 2.17. The van der Waals surface area contributed by atoms with E-state index in [1.54, 1.807) is 37.3 Å². The van der Waals surface area contributed by atoms with E-state index >= 15 is 0 Å². The molecule has 0 aliphatic carbocycles. The molecule has 0 fully saturated rings. The normalized spacial score (nSPS) is 11.0. The van der Waals surface area contributed by atoms with E-state index in [-0.39, 0.29) is 0 Å². The van der Waals surface area contributed by atoms with Crippen LogP contribution in [0.4, 0.5) is 0 Å². The van der Waals surface area contributed by atoms with Crippen molar-refractivity contribution in [1.82, 2.24) is 15.0 Å².